The minimum Gasteiger partial charge on any atom is -0.473 e. The fourth-order valence-electron chi connectivity index (χ4n) is 2.46. The molecule has 2 N–H and O–H groups in total. The predicted octanol–water partition coefficient (Wildman–Crippen LogP) is 2.22. The Morgan fingerprint density at radius 3 is 2.94 bits per heavy atom. The average Bonchev–Trinajstić information content (AvgIpc) is 2.79. The fraction of sp³-hybridized carbons (Fsp3) is 0.692. The van der Waals surface area contributed by atoms with E-state index in [1.54, 1.807) is 0 Å². The largest absolute Gasteiger partial charge is 0.473 e. The molecule has 100 valence electrons. The van der Waals surface area contributed by atoms with Gasteiger partial charge in [-0.15, -0.1) is 0 Å². The van der Waals surface area contributed by atoms with Crippen molar-refractivity contribution < 1.29 is 4.74 Å². The summed E-state index contributed by atoms with van der Waals surface area (Å²) in [5, 5.41) is 0. The molecule has 2 heterocycles. The highest BCUT2D eigenvalue weighted by Crippen LogP contribution is 2.33. The number of ether oxygens (including phenoxy) is 1. The molecule has 1 saturated heterocycles. The molecule has 0 bridgehead atoms. The number of anilines is 2. The highest BCUT2D eigenvalue weighted by atomic mass is 16.5. The first-order valence-corrected chi connectivity index (χ1v) is 6.67. The van der Waals surface area contributed by atoms with Gasteiger partial charge in [0.25, 0.3) is 0 Å². The fourth-order valence-corrected chi connectivity index (χ4v) is 2.46. The Labute approximate surface area is 108 Å². The van der Waals surface area contributed by atoms with Gasteiger partial charge in [-0.1, -0.05) is 6.92 Å². The maximum absolute atomic E-state index is 6.14. The molecule has 0 saturated carbocycles. The second kappa shape index (κ2) is 5.42. The van der Waals surface area contributed by atoms with Gasteiger partial charge in [0.15, 0.2) is 5.82 Å². The molecule has 18 heavy (non-hydrogen) atoms. The Morgan fingerprint density at radius 1 is 1.50 bits per heavy atom. The van der Waals surface area contributed by atoms with Gasteiger partial charge in [0.1, 0.15) is 12.0 Å². The highest BCUT2D eigenvalue weighted by Gasteiger charge is 2.27. The first-order valence-electron chi connectivity index (χ1n) is 6.67. The van der Waals surface area contributed by atoms with Crippen LogP contribution in [0, 0.1) is 0 Å². The molecule has 1 aliphatic heterocycles. The van der Waals surface area contributed by atoms with E-state index in [1.165, 1.54) is 19.2 Å². The van der Waals surface area contributed by atoms with Crippen LogP contribution in [0.25, 0.3) is 0 Å². The molecule has 1 unspecified atom stereocenters. The molecule has 1 atom stereocenters. The van der Waals surface area contributed by atoms with Crippen molar-refractivity contribution in [2.75, 3.05) is 17.2 Å². The van der Waals surface area contributed by atoms with E-state index >= 15 is 0 Å². The molecule has 2 rings (SSSR count). The molecule has 1 aromatic heterocycles. The maximum Gasteiger partial charge on any atom is 0.242 e. The second-order valence-corrected chi connectivity index (χ2v) is 4.98. The Morgan fingerprint density at radius 2 is 2.28 bits per heavy atom. The van der Waals surface area contributed by atoms with Crippen molar-refractivity contribution in [2.24, 2.45) is 0 Å². The van der Waals surface area contributed by atoms with E-state index in [0.717, 1.165) is 18.8 Å². The normalized spacial score (nSPS) is 19.6. The molecule has 0 aliphatic carbocycles. The van der Waals surface area contributed by atoms with Gasteiger partial charge in [-0.25, -0.2) is 4.98 Å². The van der Waals surface area contributed by atoms with Crippen LogP contribution in [0.3, 0.4) is 0 Å². The van der Waals surface area contributed by atoms with E-state index in [9.17, 15) is 0 Å². The zero-order valence-corrected chi connectivity index (χ0v) is 11.4. The molecule has 5 heteroatoms. The second-order valence-electron chi connectivity index (χ2n) is 4.98. The summed E-state index contributed by atoms with van der Waals surface area (Å²) >= 11 is 0. The molecule has 0 spiro atoms. The third kappa shape index (κ3) is 2.49. The SMILES string of the molecule is CCC1CCCN1c1ncnc(OC(C)C)c1N. The summed E-state index contributed by atoms with van der Waals surface area (Å²) in [6.45, 7) is 7.14. The number of nitrogens with two attached hydrogens (primary N) is 1. The maximum atomic E-state index is 6.14. The van der Waals surface area contributed by atoms with Crippen molar-refractivity contribution in [2.45, 2.75) is 52.2 Å². The lowest BCUT2D eigenvalue weighted by atomic mass is 10.2. The van der Waals surface area contributed by atoms with Crippen LogP contribution in [0.2, 0.25) is 0 Å². The van der Waals surface area contributed by atoms with Crippen LogP contribution < -0.4 is 15.4 Å². The Kier molecular flexibility index (Phi) is 3.89. The zero-order valence-electron chi connectivity index (χ0n) is 11.4. The number of hydrogen-bond acceptors (Lipinski definition) is 5. The molecule has 1 aromatic rings. The summed E-state index contributed by atoms with van der Waals surface area (Å²) in [5.41, 5.74) is 6.70. The minimum absolute atomic E-state index is 0.0654. The van der Waals surface area contributed by atoms with Crippen molar-refractivity contribution in [3.8, 4) is 5.88 Å². The summed E-state index contributed by atoms with van der Waals surface area (Å²) in [6, 6.07) is 0.536. The highest BCUT2D eigenvalue weighted by molar-refractivity contribution is 5.68. The van der Waals surface area contributed by atoms with E-state index in [4.69, 9.17) is 10.5 Å². The molecule has 0 aromatic carbocycles. The lowest BCUT2D eigenvalue weighted by Crippen LogP contribution is -2.30. The number of aromatic nitrogens is 2. The summed E-state index contributed by atoms with van der Waals surface area (Å²) in [7, 11) is 0. The van der Waals surface area contributed by atoms with Gasteiger partial charge in [0, 0.05) is 12.6 Å². The summed E-state index contributed by atoms with van der Waals surface area (Å²) in [5.74, 6) is 1.32. The third-order valence-corrected chi connectivity index (χ3v) is 3.29. The summed E-state index contributed by atoms with van der Waals surface area (Å²) in [4.78, 5) is 10.7. The van der Waals surface area contributed by atoms with Gasteiger partial charge >= 0.3 is 0 Å². The van der Waals surface area contributed by atoms with Crippen LogP contribution in [0.15, 0.2) is 6.33 Å². The van der Waals surface area contributed by atoms with E-state index in [1.807, 2.05) is 13.8 Å². The van der Waals surface area contributed by atoms with E-state index in [0.29, 0.717) is 17.6 Å². The topological polar surface area (TPSA) is 64.3 Å². The van der Waals surface area contributed by atoms with Crippen LogP contribution in [-0.2, 0) is 0 Å². The van der Waals surface area contributed by atoms with Gasteiger partial charge in [0.2, 0.25) is 5.88 Å². The van der Waals surface area contributed by atoms with Crippen molar-refractivity contribution in [1.29, 1.82) is 0 Å². The van der Waals surface area contributed by atoms with Crippen molar-refractivity contribution in [3.63, 3.8) is 0 Å². The average molecular weight is 250 g/mol. The number of nitrogens with zero attached hydrogens (tertiary/aromatic N) is 3. The molecular formula is C13H22N4O. The smallest absolute Gasteiger partial charge is 0.242 e. The Balaban J connectivity index is 2.27. The molecular weight excluding hydrogens is 228 g/mol. The van der Waals surface area contributed by atoms with Gasteiger partial charge in [0.05, 0.1) is 6.10 Å². The van der Waals surface area contributed by atoms with Crippen LogP contribution in [0.4, 0.5) is 11.5 Å². The number of hydrogen-bond donors (Lipinski definition) is 1. The molecule has 1 fully saturated rings. The molecule has 0 amide bonds. The lowest BCUT2D eigenvalue weighted by molar-refractivity contribution is 0.234. The summed E-state index contributed by atoms with van der Waals surface area (Å²) in [6.07, 6.45) is 5.12. The monoisotopic (exact) mass is 250 g/mol. The van der Waals surface area contributed by atoms with Gasteiger partial charge in [-0.3, -0.25) is 0 Å². The molecule has 0 radical (unpaired) electrons. The standard InChI is InChI=1S/C13H22N4O/c1-4-10-6-5-7-17(10)12-11(14)13(16-8-15-12)18-9(2)3/h8-10H,4-7,14H2,1-3H3. The minimum atomic E-state index is 0.0654. The lowest BCUT2D eigenvalue weighted by Gasteiger charge is -2.26. The van der Waals surface area contributed by atoms with Gasteiger partial charge < -0.3 is 15.4 Å². The third-order valence-electron chi connectivity index (χ3n) is 3.29. The first-order chi connectivity index (χ1) is 8.63. The van der Waals surface area contributed by atoms with Crippen molar-refractivity contribution in [3.05, 3.63) is 6.33 Å². The molecule has 5 nitrogen and oxygen atoms in total. The van der Waals surface area contributed by atoms with Crippen molar-refractivity contribution >= 4 is 11.5 Å². The summed E-state index contributed by atoms with van der Waals surface area (Å²) < 4.78 is 5.61. The van der Waals surface area contributed by atoms with E-state index < -0.39 is 0 Å². The van der Waals surface area contributed by atoms with Crippen LogP contribution in [0.1, 0.15) is 40.0 Å². The first kappa shape index (κ1) is 12.9. The van der Waals surface area contributed by atoms with Gasteiger partial charge in [-0.05, 0) is 33.1 Å². The van der Waals surface area contributed by atoms with E-state index in [2.05, 4.69) is 21.8 Å². The van der Waals surface area contributed by atoms with Gasteiger partial charge in [-0.2, -0.15) is 4.98 Å². The predicted molar refractivity (Wildman–Crippen MR) is 72.9 cm³/mol. The van der Waals surface area contributed by atoms with Crippen molar-refractivity contribution in [1.82, 2.24) is 9.97 Å². The molecule has 1 aliphatic rings. The van der Waals surface area contributed by atoms with E-state index in [-0.39, 0.29) is 6.10 Å². The Hall–Kier alpha value is -1.52. The quantitative estimate of drug-likeness (QED) is 0.887. The van der Waals surface area contributed by atoms with Crippen LogP contribution >= 0.6 is 0 Å². The van der Waals surface area contributed by atoms with Crippen LogP contribution in [0.5, 0.6) is 5.88 Å². The number of rotatable bonds is 4. The Bertz CT molecular complexity index is 408. The zero-order chi connectivity index (χ0) is 13.1. The number of nitrogen functional groups attached to an aromatic ring is 1. The van der Waals surface area contributed by atoms with Crippen LogP contribution in [-0.4, -0.2) is 28.7 Å².